The number of hydrogen-bond acceptors (Lipinski definition) is 7. The number of aliphatic hydroxyl groups excluding tert-OH is 1. The molecule has 3 unspecified atom stereocenters. The number of nitroso groups, excluding NO2 is 1. The highest BCUT2D eigenvalue weighted by atomic mass is 16.3. The fraction of sp³-hybridized carbons (Fsp3) is 0.348. The maximum atomic E-state index is 10.8. The van der Waals surface area contributed by atoms with Gasteiger partial charge in [-0.2, -0.15) is 4.91 Å². The molecule has 164 valence electrons. The van der Waals surface area contributed by atoms with Crippen LogP contribution in [-0.4, -0.2) is 44.6 Å². The Kier molecular flexibility index (Phi) is 16.4. The number of aldehydes is 1. The van der Waals surface area contributed by atoms with Crippen molar-refractivity contribution < 1.29 is 19.5 Å². The second-order valence-electron chi connectivity index (χ2n) is 6.34. The molecule has 0 heterocycles. The molecule has 2 aromatic rings. The van der Waals surface area contributed by atoms with Crippen LogP contribution in [-0.2, 0) is 14.4 Å². The Morgan fingerprint density at radius 3 is 1.90 bits per heavy atom. The van der Waals surface area contributed by atoms with E-state index in [-0.39, 0.29) is 11.6 Å². The number of aryl methyl sites for hydroxylation is 1. The number of hydrogen-bond donors (Lipinski definition) is 2. The Bertz CT molecular complexity index is 705. The van der Waals surface area contributed by atoms with Crippen molar-refractivity contribution >= 4 is 19.9 Å². The first-order chi connectivity index (χ1) is 14.4. The molecule has 0 aromatic heterocycles. The van der Waals surface area contributed by atoms with Crippen LogP contribution in [0.5, 0.6) is 0 Å². The molecule has 0 aliphatic heterocycles. The SMILES string of the molecule is C=O.C=O.CN=O.CNC1(C=O)CC1c1ccccc1.Cc1ccc(C(C)O)cc1. The quantitative estimate of drug-likeness (QED) is 0.583. The zero-order chi connectivity index (χ0) is 23.6. The van der Waals surface area contributed by atoms with Gasteiger partial charge in [-0.25, -0.2) is 0 Å². The standard InChI is InChI=1S/C11H13NO.C9H12O.CH3NO.2CH2O/c1-12-11(8-13)7-10(11)9-5-3-2-4-6-9;1-7-3-5-9(6-4-7)8(2)10;1-2-3;2*1-2/h2-6,8,10,12H,7H2,1H3;3-6,8,10H,1-2H3;1H3;2*1H2. The monoisotopic (exact) mass is 416 g/mol. The second kappa shape index (κ2) is 16.9. The molecule has 1 saturated carbocycles. The van der Waals surface area contributed by atoms with Gasteiger partial charge in [-0.3, -0.25) is 0 Å². The summed E-state index contributed by atoms with van der Waals surface area (Å²) >= 11 is 0. The molecule has 0 saturated heterocycles. The topological polar surface area (TPSA) is 113 Å². The first-order valence-electron chi connectivity index (χ1n) is 9.18. The molecule has 0 spiro atoms. The van der Waals surface area contributed by atoms with E-state index in [9.17, 15) is 4.79 Å². The number of carbonyl (C=O) groups is 3. The van der Waals surface area contributed by atoms with E-state index < -0.39 is 0 Å². The van der Waals surface area contributed by atoms with Crippen LogP contribution in [0.25, 0.3) is 0 Å². The third-order valence-corrected chi connectivity index (χ3v) is 4.44. The summed E-state index contributed by atoms with van der Waals surface area (Å²) in [6, 6.07) is 18.1. The normalized spacial score (nSPS) is 18.6. The average molecular weight is 417 g/mol. The fourth-order valence-electron chi connectivity index (χ4n) is 2.69. The van der Waals surface area contributed by atoms with Crippen molar-refractivity contribution in [3.05, 3.63) is 76.2 Å². The number of benzene rings is 2. The van der Waals surface area contributed by atoms with Gasteiger partial charge < -0.3 is 24.8 Å². The van der Waals surface area contributed by atoms with Crippen molar-refractivity contribution in [2.45, 2.75) is 37.8 Å². The van der Waals surface area contributed by atoms with Crippen molar-refractivity contribution in [2.75, 3.05) is 14.1 Å². The smallest absolute Gasteiger partial charge is 0.140 e. The van der Waals surface area contributed by atoms with Gasteiger partial charge in [-0.15, -0.1) is 0 Å². The van der Waals surface area contributed by atoms with Crippen LogP contribution in [0.4, 0.5) is 0 Å². The highest BCUT2D eigenvalue weighted by Gasteiger charge is 2.53. The van der Waals surface area contributed by atoms with Crippen LogP contribution in [0, 0.1) is 11.8 Å². The van der Waals surface area contributed by atoms with Crippen molar-refractivity contribution in [3.63, 3.8) is 0 Å². The first-order valence-corrected chi connectivity index (χ1v) is 9.18. The minimum absolute atomic E-state index is 0.276. The van der Waals surface area contributed by atoms with Crippen LogP contribution in [0.3, 0.4) is 0 Å². The molecule has 1 aliphatic carbocycles. The zero-order valence-corrected chi connectivity index (χ0v) is 18.1. The summed E-state index contributed by atoms with van der Waals surface area (Å²) in [6.07, 6.45) is 1.61. The highest BCUT2D eigenvalue weighted by molar-refractivity contribution is 5.73. The zero-order valence-electron chi connectivity index (χ0n) is 18.1. The Hall–Kier alpha value is -3.03. The molecule has 30 heavy (non-hydrogen) atoms. The van der Waals surface area contributed by atoms with Gasteiger partial charge in [0.2, 0.25) is 0 Å². The largest absolute Gasteiger partial charge is 0.389 e. The van der Waals surface area contributed by atoms with Crippen LogP contribution >= 0.6 is 0 Å². The van der Waals surface area contributed by atoms with Gasteiger partial charge in [0.1, 0.15) is 19.9 Å². The summed E-state index contributed by atoms with van der Waals surface area (Å²) in [5, 5.41) is 14.4. The van der Waals surface area contributed by atoms with Gasteiger partial charge in [-0.1, -0.05) is 65.3 Å². The summed E-state index contributed by atoms with van der Waals surface area (Å²) in [5.74, 6) is 0.371. The minimum atomic E-state index is -0.347. The van der Waals surface area contributed by atoms with E-state index in [2.05, 4.69) is 22.6 Å². The Morgan fingerprint density at radius 2 is 1.57 bits per heavy atom. The van der Waals surface area contributed by atoms with E-state index in [0.29, 0.717) is 5.92 Å². The maximum Gasteiger partial charge on any atom is 0.140 e. The lowest BCUT2D eigenvalue weighted by Crippen LogP contribution is -2.30. The van der Waals surface area contributed by atoms with E-state index in [0.717, 1.165) is 18.3 Å². The molecule has 3 atom stereocenters. The lowest BCUT2D eigenvalue weighted by molar-refractivity contribution is -0.110. The molecule has 1 aliphatic rings. The first kappa shape index (κ1) is 29.2. The van der Waals surface area contributed by atoms with Crippen LogP contribution in [0.1, 0.15) is 42.1 Å². The van der Waals surface area contributed by atoms with Crippen LogP contribution in [0.2, 0.25) is 0 Å². The predicted molar refractivity (Wildman–Crippen MR) is 119 cm³/mol. The number of nitrogens with one attached hydrogen (secondary N) is 1. The number of likely N-dealkylation sites (N-methyl/N-ethyl adjacent to an activating group) is 1. The Morgan fingerprint density at radius 1 is 1.10 bits per heavy atom. The molecular formula is C23H32N2O5. The summed E-state index contributed by atoms with van der Waals surface area (Å²) < 4.78 is 0. The van der Waals surface area contributed by atoms with Crippen molar-refractivity contribution in [1.29, 1.82) is 0 Å². The average Bonchev–Trinajstić information content (AvgIpc) is 3.54. The Labute approximate surface area is 178 Å². The number of rotatable bonds is 4. The molecular weight excluding hydrogens is 384 g/mol. The van der Waals surface area contributed by atoms with Gasteiger partial charge in [0.05, 0.1) is 18.7 Å². The number of nitrogens with zero attached hydrogens (tertiary/aromatic N) is 1. The summed E-state index contributed by atoms with van der Waals surface area (Å²) in [6.45, 7) is 7.80. The highest BCUT2D eigenvalue weighted by Crippen LogP contribution is 2.49. The molecule has 1 fully saturated rings. The summed E-state index contributed by atoms with van der Waals surface area (Å²) in [5.41, 5.74) is 3.18. The van der Waals surface area contributed by atoms with Gasteiger partial charge in [0, 0.05) is 5.92 Å². The molecule has 0 bridgehead atoms. The second-order valence-corrected chi connectivity index (χ2v) is 6.34. The summed E-state index contributed by atoms with van der Waals surface area (Å²) in [4.78, 5) is 35.4. The van der Waals surface area contributed by atoms with Gasteiger partial charge in [0.25, 0.3) is 0 Å². The van der Waals surface area contributed by atoms with Crippen LogP contribution in [0.15, 0.2) is 59.8 Å². The van der Waals surface area contributed by atoms with E-state index in [1.54, 1.807) is 6.92 Å². The molecule has 7 nitrogen and oxygen atoms in total. The van der Waals surface area contributed by atoms with E-state index in [1.165, 1.54) is 18.2 Å². The molecule has 0 radical (unpaired) electrons. The molecule has 3 rings (SSSR count). The van der Waals surface area contributed by atoms with Crippen molar-refractivity contribution in [2.24, 2.45) is 5.18 Å². The summed E-state index contributed by atoms with van der Waals surface area (Å²) in [7, 11) is 3.04. The molecule has 0 amide bonds. The third kappa shape index (κ3) is 9.95. The van der Waals surface area contributed by atoms with Gasteiger partial charge >= 0.3 is 0 Å². The molecule has 2 N–H and O–H groups in total. The van der Waals surface area contributed by atoms with Gasteiger partial charge in [-0.05, 0) is 38.4 Å². The molecule has 7 heteroatoms. The van der Waals surface area contributed by atoms with Crippen LogP contribution < -0.4 is 5.32 Å². The Balaban J connectivity index is 0. The minimum Gasteiger partial charge on any atom is -0.389 e. The van der Waals surface area contributed by atoms with Crippen molar-refractivity contribution in [3.8, 4) is 0 Å². The van der Waals surface area contributed by atoms with E-state index >= 15 is 0 Å². The lowest BCUT2D eigenvalue weighted by atomic mass is 10.1. The number of aliphatic hydroxyl groups is 1. The van der Waals surface area contributed by atoms with Gasteiger partial charge in [0.15, 0.2) is 0 Å². The predicted octanol–water partition coefficient (Wildman–Crippen LogP) is 3.39. The third-order valence-electron chi connectivity index (χ3n) is 4.44. The molecule has 2 aromatic carbocycles. The maximum absolute atomic E-state index is 10.8. The van der Waals surface area contributed by atoms with E-state index in [4.69, 9.17) is 19.6 Å². The van der Waals surface area contributed by atoms with E-state index in [1.807, 2.05) is 70.0 Å². The number of carbonyl (C=O) groups excluding carboxylic acids is 3. The lowest BCUT2D eigenvalue weighted by Gasteiger charge is -2.07. The van der Waals surface area contributed by atoms with Crippen molar-refractivity contribution in [1.82, 2.24) is 5.32 Å². The fourth-order valence-corrected chi connectivity index (χ4v) is 2.69.